The van der Waals surface area contributed by atoms with Gasteiger partial charge in [0.15, 0.2) is 5.44 Å². The van der Waals surface area contributed by atoms with Crippen LogP contribution in [0.5, 0.6) is 0 Å². The molecule has 0 radical (unpaired) electrons. The zero-order valence-electron chi connectivity index (χ0n) is 13.3. The van der Waals surface area contributed by atoms with Crippen molar-refractivity contribution >= 4 is 10.8 Å². The lowest BCUT2D eigenvalue weighted by atomic mass is 10.1. The van der Waals surface area contributed by atoms with Gasteiger partial charge in [-0.3, -0.25) is 4.21 Å². The summed E-state index contributed by atoms with van der Waals surface area (Å²) < 4.78 is 17.9. The number of ether oxygens (including phenoxy) is 1. The molecule has 21 heavy (non-hydrogen) atoms. The first-order valence-electron chi connectivity index (χ1n) is 8.35. The van der Waals surface area contributed by atoms with Gasteiger partial charge in [-0.1, -0.05) is 69.6 Å². The molecule has 0 N–H and O–H groups in total. The maximum absolute atomic E-state index is 12.3. The minimum absolute atomic E-state index is 0.0622. The van der Waals surface area contributed by atoms with Gasteiger partial charge in [0.1, 0.15) is 0 Å². The van der Waals surface area contributed by atoms with E-state index >= 15 is 0 Å². The van der Waals surface area contributed by atoms with Crippen LogP contribution in [0, 0.1) is 6.92 Å². The lowest BCUT2D eigenvalue weighted by Crippen LogP contribution is -2.03. The van der Waals surface area contributed by atoms with Gasteiger partial charge in [-0.05, 0) is 25.5 Å². The molecule has 1 unspecified atom stereocenters. The number of epoxide rings is 1. The van der Waals surface area contributed by atoms with Gasteiger partial charge in [0, 0.05) is 4.90 Å². The summed E-state index contributed by atoms with van der Waals surface area (Å²) >= 11 is 0. The summed E-state index contributed by atoms with van der Waals surface area (Å²) in [6.07, 6.45) is 10.5. The van der Waals surface area contributed by atoms with E-state index in [0.717, 1.165) is 11.3 Å². The molecule has 3 atom stereocenters. The van der Waals surface area contributed by atoms with E-state index in [9.17, 15) is 4.21 Å². The normalized spacial score (nSPS) is 22.2. The van der Waals surface area contributed by atoms with Crippen molar-refractivity contribution in [1.82, 2.24) is 0 Å². The zero-order valence-corrected chi connectivity index (χ0v) is 14.2. The van der Waals surface area contributed by atoms with E-state index in [1.807, 2.05) is 31.2 Å². The summed E-state index contributed by atoms with van der Waals surface area (Å²) in [6, 6.07) is 7.94. The minimum Gasteiger partial charge on any atom is -0.355 e. The third-order valence-electron chi connectivity index (χ3n) is 4.09. The fraction of sp³-hybridized carbons (Fsp3) is 0.667. The number of hydrogen-bond donors (Lipinski definition) is 0. The first-order valence-corrected chi connectivity index (χ1v) is 9.56. The average Bonchev–Trinajstić information content (AvgIpc) is 3.26. The van der Waals surface area contributed by atoms with Gasteiger partial charge in [-0.2, -0.15) is 0 Å². The third kappa shape index (κ3) is 5.55. The van der Waals surface area contributed by atoms with Crippen molar-refractivity contribution < 1.29 is 8.95 Å². The van der Waals surface area contributed by atoms with Crippen molar-refractivity contribution in [2.75, 3.05) is 0 Å². The second-order valence-corrected chi connectivity index (χ2v) is 7.59. The van der Waals surface area contributed by atoms with Gasteiger partial charge in [0.05, 0.1) is 16.9 Å². The zero-order chi connectivity index (χ0) is 15.1. The SMILES string of the molecule is CCCCCCCCC[C@@H]1O[C@H]1S(=O)c1ccc(C)cc1. The Hall–Kier alpha value is -0.670. The minimum atomic E-state index is -0.996. The Labute approximate surface area is 131 Å². The number of unbranched alkanes of at least 4 members (excludes halogenated alkanes) is 6. The van der Waals surface area contributed by atoms with Crippen LogP contribution in [0.1, 0.15) is 63.9 Å². The first-order chi connectivity index (χ1) is 10.2. The highest BCUT2D eigenvalue weighted by atomic mass is 32.2. The largest absolute Gasteiger partial charge is 0.355 e. The molecule has 2 nitrogen and oxygen atoms in total. The van der Waals surface area contributed by atoms with Gasteiger partial charge in [-0.15, -0.1) is 0 Å². The molecule has 0 saturated carbocycles. The van der Waals surface area contributed by atoms with Crippen LogP contribution < -0.4 is 0 Å². The molecule has 0 aliphatic carbocycles. The fourth-order valence-corrected chi connectivity index (χ4v) is 3.96. The molecule has 1 fully saturated rings. The van der Waals surface area contributed by atoms with Crippen molar-refractivity contribution in [2.24, 2.45) is 0 Å². The number of aryl methyl sites for hydroxylation is 1. The summed E-state index contributed by atoms with van der Waals surface area (Å²) in [5.41, 5.74) is 1.14. The molecular formula is C18H28O2S. The molecule has 0 amide bonds. The molecule has 1 saturated heterocycles. The molecule has 1 aliphatic rings. The van der Waals surface area contributed by atoms with E-state index in [0.29, 0.717) is 0 Å². The van der Waals surface area contributed by atoms with Crippen molar-refractivity contribution in [3.63, 3.8) is 0 Å². The highest BCUT2D eigenvalue weighted by molar-refractivity contribution is 7.85. The summed E-state index contributed by atoms with van der Waals surface area (Å²) in [7, 11) is -0.996. The van der Waals surface area contributed by atoms with Crippen LogP contribution in [-0.4, -0.2) is 15.7 Å². The molecule has 1 aliphatic heterocycles. The summed E-state index contributed by atoms with van der Waals surface area (Å²) in [4.78, 5) is 0.896. The molecule has 1 aromatic rings. The predicted octanol–water partition coefficient (Wildman–Crippen LogP) is 4.97. The Morgan fingerprint density at radius 3 is 2.29 bits per heavy atom. The topological polar surface area (TPSA) is 29.6 Å². The van der Waals surface area contributed by atoms with E-state index in [1.165, 1.54) is 50.5 Å². The van der Waals surface area contributed by atoms with Gasteiger partial charge >= 0.3 is 0 Å². The number of hydrogen-bond acceptors (Lipinski definition) is 2. The second kappa shape index (κ2) is 8.70. The van der Waals surface area contributed by atoms with Gasteiger partial charge in [0.25, 0.3) is 0 Å². The Kier molecular flexibility index (Phi) is 6.91. The summed E-state index contributed by atoms with van der Waals surface area (Å²) in [5, 5.41) is 0. The van der Waals surface area contributed by atoms with E-state index in [4.69, 9.17) is 4.74 Å². The molecular weight excluding hydrogens is 280 g/mol. The van der Waals surface area contributed by atoms with Crippen LogP contribution in [0.2, 0.25) is 0 Å². The molecule has 2 rings (SSSR count). The smallest absolute Gasteiger partial charge is 0.163 e. The van der Waals surface area contributed by atoms with Crippen LogP contribution in [0.4, 0.5) is 0 Å². The number of benzene rings is 1. The lowest BCUT2D eigenvalue weighted by Gasteiger charge is -2.01. The Bertz CT molecular complexity index is 441. The highest BCUT2D eigenvalue weighted by Crippen LogP contribution is 2.33. The standard InChI is InChI=1S/C18H28O2S/c1-3-4-5-6-7-8-9-10-17-18(20-17)21(19)16-13-11-15(2)12-14-16/h11-14,17-18H,3-10H2,1-2H3/t17-,18-,21?/m0/s1. The molecule has 0 bridgehead atoms. The molecule has 0 aromatic heterocycles. The van der Waals surface area contributed by atoms with Crippen LogP contribution in [0.25, 0.3) is 0 Å². The Morgan fingerprint density at radius 1 is 1.00 bits per heavy atom. The van der Waals surface area contributed by atoms with Crippen LogP contribution in [-0.2, 0) is 15.5 Å². The maximum atomic E-state index is 12.3. The molecule has 1 heterocycles. The molecule has 3 heteroatoms. The summed E-state index contributed by atoms with van der Waals surface area (Å²) in [6.45, 7) is 4.29. The fourth-order valence-electron chi connectivity index (χ4n) is 2.63. The highest BCUT2D eigenvalue weighted by Gasteiger charge is 2.43. The average molecular weight is 308 g/mol. The Balaban J connectivity index is 1.59. The molecule has 118 valence electrons. The lowest BCUT2D eigenvalue weighted by molar-refractivity contribution is 0.379. The first kappa shape index (κ1) is 16.7. The quantitative estimate of drug-likeness (QED) is 0.451. The van der Waals surface area contributed by atoms with Crippen LogP contribution in [0.3, 0.4) is 0 Å². The van der Waals surface area contributed by atoms with Crippen molar-refractivity contribution in [1.29, 1.82) is 0 Å². The van der Waals surface area contributed by atoms with Crippen LogP contribution in [0.15, 0.2) is 29.2 Å². The third-order valence-corrected chi connectivity index (χ3v) is 5.67. The summed E-state index contributed by atoms with van der Waals surface area (Å²) in [5.74, 6) is 0. The van der Waals surface area contributed by atoms with E-state index in [2.05, 4.69) is 6.92 Å². The van der Waals surface area contributed by atoms with Gasteiger partial charge in [-0.25, -0.2) is 0 Å². The molecule has 0 spiro atoms. The van der Waals surface area contributed by atoms with Gasteiger partial charge < -0.3 is 4.74 Å². The van der Waals surface area contributed by atoms with Crippen molar-refractivity contribution in [3.05, 3.63) is 29.8 Å². The van der Waals surface area contributed by atoms with Crippen LogP contribution >= 0.6 is 0 Å². The monoisotopic (exact) mass is 308 g/mol. The van der Waals surface area contributed by atoms with E-state index in [1.54, 1.807) is 0 Å². The molecule has 1 aromatic carbocycles. The van der Waals surface area contributed by atoms with E-state index < -0.39 is 10.8 Å². The van der Waals surface area contributed by atoms with Crippen molar-refractivity contribution in [3.8, 4) is 0 Å². The Morgan fingerprint density at radius 2 is 1.62 bits per heavy atom. The van der Waals surface area contributed by atoms with Gasteiger partial charge in [0.2, 0.25) is 0 Å². The number of rotatable bonds is 10. The van der Waals surface area contributed by atoms with Crippen molar-refractivity contribution in [2.45, 2.75) is 81.6 Å². The maximum Gasteiger partial charge on any atom is 0.163 e. The van der Waals surface area contributed by atoms with E-state index in [-0.39, 0.29) is 11.5 Å². The predicted molar refractivity (Wildman–Crippen MR) is 88.9 cm³/mol. The second-order valence-electron chi connectivity index (χ2n) is 6.06.